The molecule has 4 amide bonds. The highest BCUT2D eigenvalue weighted by molar-refractivity contribution is 7.99. The lowest BCUT2D eigenvalue weighted by molar-refractivity contribution is -0.387. The van der Waals surface area contributed by atoms with Crippen LogP contribution in [0.5, 0.6) is 0 Å². The maximum atomic E-state index is 13.9. The summed E-state index contributed by atoms with van der Waals surface area (Å²) in [4.78, 5) is 109. The number of rotatable bonds is 14. The lowest BCUT2D eigenvalue weighted by atomic mass is 9.89. The Hall–Kier alpha value is -8.07. The van der Waals surface area contributed by atoms with Crippen molar-refractivity contribution >= 4 is 71.2 Å². The van der Waals surface area contributed by atoms with Gasteiger partial charge in [0.1, 0.15) is 23.3 Å². The van der Waals surface area contributed by atoms with Gasteiger partial charge in [-0.2, -0.15) is 0 Å². The van der Waals surface area contributed by atoms with Gasteiger partial charge in [-0.3, -0.25) is 29.8 Å². The lowest BCUT2D eigenvalue weighted by Crippen LogP contribution is -2.59. The number of nitro benzene ring substituents is 2. The van der Waals surface area contributed by atoms with Crippen molar-refractivity contribution in [1.29, 1.82) is 0 Å². The van der Waals surface area contributed by atoms with Gasteiger partial charge in [0.15, 0.2) is 0 Å². The maximum Gasteiger partial charge on any atom is 0.410 e. The second-order valence-electron chi connectivity index (χ2n) is 21.1. The van der Waals surface area contributed by atoms with Gasteiger partial charge in [-0.1, -0.05) is 100 Å². The number of ether oxygens (including phenoxy) is 2. The molecule has 0 spiro atoms. The van der Waals surface area contributed by atoms with Crippen molar-refractivity contribution in [1.82, 2.24) is 19.6 Å². The molecule has 0 bridgehead atoms. The van der Waals surface area contributed by atoms with Crippen LogP contribution in [0, 0.1) is 20.2 Å². The summed E-state index contributed by atoms with van der Waals surface area (Å²) in [5.74, 6) is -4.49. The first-order valence-electron chi connectivity index (χ1n) is 25.0. The number of nitrogens with zero attached hydrogens (tertiary/aromatic N) is 6. The average Bonchev–Trinajstić information content (AvgIpc) is 3.35. The van der Waals surface area contributed by atoms with Crippen LogP contribution in [0.15, 0.2) is 94.7 Å². The largest absolute Gasteiger partial charge is 0.480 e. The highest BCUT2D eigenvalue weighted by atomic mass is 32.2. The standard InChI is InChI=1S/C56H64N6O14S/c1-33(2)37-15-11-13-17-39(37)47-35(21-25-45(63)59-29-27-57(31-41(59)51(65)66)53(69)75-55(5,6)7)19-23-43(49(47)61(71)72)77-44-24-20-36(48(50(44)62(73)74)40-18-14-12-16-38(40)34(3)4)22-26-46(64)60-30-28-58(32-42(60)52(67)68)54(70)76-56(8,9)10/h11-26,33-34,41-42H,27-32H2,1-10H3,(H,65,66)(H,67,68)/b25-21+,26-22+. The topological polar surface area (TPSA) is 261 Å². The van der Waals surface area contributed by atoms with E-state index in [4.69, 9.17) is 9.47 Å². The van der Waals surface area contributed by atoms with Gasteiger partial charge in [0.2, 0.25) is 11.8 Å². The Morgan fingerprint density at radius 2 is 0.935 bits per heavy atom. The van der Waals surface area contributed by atoms with Crippen LogP contribution in [0.3, 0.4) is 0 Å². The summed E-state index contributed by atoms with van der Waals surface area (Å²) in [5, 5.41) is 47.6. The molecule has 20 nitrogen and oxygen atoms in total. The third-order valence-corrected chi connectivity index (χ3v) is 13.7. The van der Waals surface area contributed by atoms with Crippen molar-refractivity contribution in [3.8, 4) is 22.3 Å². The minimum absolute atomic E-state index is 0.00569. The first-order valence-corrected chi connectivity index (χ1v) is 25.8. The molecule has 4 aromatic carbocycles. The number of carboxylic acids is 2. The van der Waals surface area contributed by atoms with Gasteiger partial charge < -0.3 is 39.3 Å². The quantitative estimate of drug-likeness (QED) is 0.0676. The Kier molecular flexibility index (Phi) is 18.0. The van der Waals surface area contributed by atoms with Crippen LogP contribution in [0.2, 0.25) is 0 Å². The lowest BCUT2D eigenvalue weighted by Gasteiger charge is -2.39. The highest BCUT2D eigenvalue weighted by Gasteiger charge is 2.40. The number of hydrogen-bond acceptors (Lipinski definition) is 13. The van der Waals surface area contributed by atoms with E-state index in [1.54, 1.807) is 90.1 Å². The molecule has 6 rings (SSSR count). The van der Waals surface area contributed by atoms with E-state index < -0.39 is 80.4 Å². The summed E-state index contributed by atoms with van der Waals surface area (Å²) < 4.78 is 10.9. The van der Waals surface area contributed by atoms with Gasteiger partial charge in [0, 0.05) is 38.3 Å². The SMILES string of the molecule is CC(C)c1ccccc1-c1c(/C=C/C(=O)N2CCN(C(=O)OC(C)(C)C)CC2C(=O)O)ccc(Sc2ccc(/C=C/C(=O)N3CCN(C(=O)OC(C)(C)C)CC3C(=O)O)c(-c3ccccc3C(C)C)c2[N+](=O)[O-])c1[N+](=O)[O-]. The average molecular weight is 1080 g/mol. The first kappa shape index (κ1) is 58.2. The van der Waals surface area contributed by atoms with Gasteiger partial charge in [0.25, 0.3) is 11.4 Å². The Morgan fingerprint density at radius 1 is 0.584 bits per heavy atom. The predicted octanol–water partition coefficient (Wildman–Crippen LogP) is 10.3. The third kappa shape index (κ3) is 13.9. The number of carbonyl (C=O) groups excluding carboxylic acids is 4. The van der Waals surface area contributed by atoms with Crippen molar-refractivity contribution in [3.63, 3.8) is 0 Å². The fourth-order valence-corrected chi connectivity index (χ4v) is 10.2. The smallest absolute Gasteiger partial charge is 0.410 e. The fraction of sp³-hybridized carbons (Fsp3) is 0.393. The van der Waals surface area contributed by atoms with E-state index in [-0.39, 0.29) is 83.1 Å². The maximum absolute atomic E-state index is 13.9. The molecule has 2 aliphatic heterocycles. The van der Waals surface area contributed by atoms with Crippen LogP contribution in [0.4, 0.5) is 21.0 Å². The van der Waals surface area contributed by atoms with Gasteiger partial charge in [-0.15, -0.1) is 0 Å². The molecule has 2 saturated heterocycles. The van der Waals surface area contributed by atoms with Crippen molar-refractivity contribution in [2.45, 2.75) is 114 Å². The molecule has 2 aliphatic rings. The van der Waals surface area contributed by atoms with E-state index in [1.807, 2.05) is 39.8 Å². The monoisotopic (exact) mass is 1080 g/mol. The van der Waals surface area contributed by atoms with E-state index in [0.717, 1.165) is 33.7 Å². The molecule has 408 valence electrons. The molecular formula is C56H64N6O14S. The van der Waals surface area contributed by atoms with Crippen LogP contribution >= 0.6 is 11.8 Å². The number of piperazine rings is 2. The molecule has 0 saturated carbocycles. The molecule has 0 radical (unpaired) electrons. The molecule has 4 aromatic rings. The summed E-state index contributed by atoms with van der Waals surface area (Å²) in [6.07, 6.45) is 3.51. The highest BCUT2D eigenvalue weighted by Crippen LogP contribution is 2.50. The zero-order valence-corrected chi connectivity index (χ0v) is 45.5. The van der Waals surface area contributed by atoms with Crippen LogP contribution in [-0.2, 0) is 28.7 Å². The Morgan fingerprint density at radius 3 is 1.25 bits per heavy atom. The number of hydrogen-bond donors (Lipinski definition) is 2. The second kappa shape index (κ2) is 23.9. The van der Waals surface area contributed by atoms with E-state index in [9.17, 15) is 59.2 Å². The zero-order valence-electron chi connectivity index (χ0n) is 44.7. The van der Waals surface area contributed by atoms with Crippen LogP contribution < -0.4 is 0 Å². The van der Waals surface area contributed by atoms with Crippen LogP contribution in [-0.4, -0.2) is 138 Å². The summed E-state index contributed by atoms with van der Waals surface area (Å²) >= 11 is 0.776. The number of carboxylic acid groups (broad SMARTS) is 2. The molecule has 2 heterocycles. The van der Waals surface area contributed by atoms with Gasteiger partial charge in [-0.25, -0.2) is 19.2 Å². The fourth-order valence-electron chi connectivity index (χ4n) is 9.14. The van der Waals surface area contributed by atoms with Crippen molar-refractivity contribution in [3.05, 3.63) is 127 Å². The van der Waals surface area contributed by atoms with Crippen molar-refractivity contribution in [2.75, 3.05) is 39.3 Å². The van der Waals surface area contributed by atoms with Crippen LogP contribution in [0.25, 0.3) is 34.4 Å². The summed E-state index contributed by atoms with van der Waals surface area (Å²) in [6, 6.07) is 17.1. The minimum Gasteiger partial charge on any atom is -0.480 e. The number of nitro groups is 2. The van der Waals surface area contributed by atoms with E-state index >= 15 is 0 Å². The molecule has 2 fully saturated rings. The molecule has 77 heavy (non-hydrogen) atoms. The number of carbonyl (C=O) groups is 6. The Balaban J connectivity index is 1.45. The van der Waals surface area contributed by atoms with E-state index in [0.29, 0.717) is 22.3 Å². The number of aliphatic carboxylic acids is 2. The minimum atomic E-state index is -1.43. The zero-order chi connectivity index (χ0) is 56.8. The number of benzene rings is 4. The van der Waals surface area contributed by atoms with E-state index in [1.165, 1.54) is 34.1 Å². The predicted molar refractivity (Wildman–Crippen MR) is 289 cm³/mol. The Labute approximate surface area is 450 Å². The van der Waals surface area contributed by atoms with Gasteiger partial charge >= 0.3 is 24.1 Å². The Bertz CT molecular complexity index is 2850. The van der Waals surface area contributed by atoms with Crippen molar-refractivity contribution in [2.24, 2.45) is 0 Å². The molecule has 0 aliphatic carbocycles. The number of amides is 4. The van der Waals surface area contributed by atoms with Gasteiger partial charge in [-0.05, 0) is 111 Å². The van der Waals surface area contributed by atoms with Crippen LogP contribution in [0.1, 0.15) is 103 Å². The molecule has 0 aromatic heterocycles. The molecule has 2 atom stereocenters. The summed E-state index contributed by atoms with van der Waals surface area (Å²) in [6.45, 7) is 16.7. The van der Waals surface area contributed by atoms with Crippen molar-refractivity contribution < 1.29 is 58.3 Å². The molecule has 2 N–H and O–H groups in total. The van der Waals surface area contributed by atoms with Gasteiger partial charge in [0.05, 0.1) is 43.9 Å². The molecular weight excluding hydrogens is 1010 g/mol. The molecule has 21 heteroatoms. The summed E-state index contributed by atoms with van der Waals surface area (Å²) in [5.41, 5.74) is 0.375. The third-order valence-electron chi connectivity index (χ3n) is 12.6. The first-order chi connectivity index (χ1) is 36.1. The molecule has 2 unspecified atom stereocenters. The normalized spacial score (nSPS) is 16.3. The van der Waals surface area contributed by atoms with E-state index in [2.05, 4.69) is 0 Å². The second-order valence-corrected chi connectivity index (χ2v) is 22.2. The summed E-state index contributed by atoms with van der Waals surface area (Å²) in [7, 11) is 0.